The van der Waals surface area contributed by atoms with E-state index in [2.05, 4.69) is 16.0 Å². The maximum atomic E-state index is 13.0. The first-order valence-electron chi connectivity index (χ1n) is 11.7. The third-order valence-electron chi connectivity index (χ3n) is 5.98. The third kappa shape index (κ3) is 10.5. The number of hydrogen-bond donors (Lipinski definition) is 7. The topological polar surface area (TPSA) is 197 Å². The second kappa shape index (κ2) is 15.6. The van der Waals surface area contributed by atoms with Crippen LogP contribution in [0.15, 0.2) is 0 Å². The second-order valence-corrected chi connectivity index (χ2v) is 8.69. The van der Waals surface area contributed by atoms with E-state index in [1.54, 1.807) is 13.8 Å². The van der Waals surface area contributed by atoms with Crippen LogP contribution >= 0.6 is 0 Å². The lowest BCUT2D eigenvalue weighted by atomic mass is 9.98. The van der Waals surface area contributed by atoms with Gasteiger partial charge in [-0.05, 0) is 44.6 Å². The van der Waals surface area contributed by atoms with Crippen molar-refractivity contribution >= 4 is 23.7 Å². The highest BCUT2D eigenvalue weighted by Gasteiger charge is 2.34. The summed E-state index contributed by atoms with van der Waals surface area (Å²) >= 11 is 0. The molecule has 0 aliphatic carbocycles. The van der Waals surface area contributed by atoms with Crippen molar-refractivity contribution in [2.24, 2.45) is 23.3 Å². The number of rotatable bonds is 16. The number of aliphatic hydroxyl groups is 1. The van der Waals surface area contributed by atoms with Crippen molar-refractivity contribution in [2.45, 2.75) is 97.0 Å². The Bertz CT molecular complexity index is 645. The van der Waals surface area contributed by atoms with Crippen LogP contribution in [-0.4, -0.2) is 70.7 Å². The van der Waals surface area contributed by atoms with Crippen molar-refractivity contribution in [2.75, 3.05) is 6.54 Å². The molecule has 9 N–H and O–H groups in total. The molecular weight excluding hydrogens is 430 g/mol. The largest absolute Gasteiger partial charge is 0.480 e. The summed E-state index contributed by atoms with van der Waals surface area (Å²) in [5, 5.41) is 27.0. The first-order chi connectivity index (χ1) is 15.4. The van der Waals surface area contributed by atoms with Gasteiger partial charge in [0.2, 0.25) is 17.7 Å². The highest BCUT2D eigenvalue weighted by molar-refractivity contribution is 5.94. The van der Waals surface area contributed by atoms with E-state index in [1.165, 1.54) is 6.92 Å². The van der Waals surface area contributed by atoms with Gasteiger partial charge in [0.05, 0.1) is 12.1 Å². The van der Waals surface area contributed by atoms with E-state index in [0.717, 1.165) is 0 Å². The van der Waals surface area contributed by atoms with E-state index < -0.39 is 54.0 Å². The molecule has 0 radical (unpaired) electrons. The molecule has 7 atom stereocenters. The molecule has 0 heterocycles. The lowest BCUT2D eigenvalue weighted by Gasteiger charge is -2.28. The summed E-state index contributed by atoms with van der Waals surface area (Å²) in [5.41, 5.74) is 11.5. The predicted molar refractivity (Wildman–Crippen MR) is 125 cm³/mol. The lowest BCUT2D eigenvalue weighted by Crippen LogP contribution is -2.60. The molecule has 0 rings (SSSR count). The van der Waals surface area contributed by atoms with E-state index in [4.69, 9.17) is 11.5 Å². The summed E-state index contributed by atoms with van der Waals surface area (Å²) in [5.74, 6) is -3.65. The van der Waals surface area contributed by atoms with Crippen LogP contribution in [-0.2, 0) is 19.2 Å². The van der Waals surface area contributed by atoms with E-state index in [0.29, 0.717) is 32.2 Å². The molecule has 3 amide bonds. The highest BCUT2D eigenvalue weighted by Crippen LogP contribution is 2.10. The molecular formula is C22H43N5O6. The normalized spacial score (nSPS) is 17.6. The fourth-order valence-corrected chi connectivity index (χ4v) is 3.13. The van der Waals surface area contributed by atoms with Crippen LogP contribution in [0, 0.1) is 11.8 Å². The van der Waals surface area contributed by atoms with Crippen molar-refractivity contribution < 1.29 is 29.4 Å². The summed E-state index contributed by atoms with van der Waals surface area (Å²) in [6, 6.07) is -4.37. The molecule has 0 saturated carbocycles. The zero-order valence-corrected chi connectivity index (χ0v) is 20.5. The van der Waals surface area contributed by atoms with Crippen LogP contribution in [0.5, 0.6) is 0 Å². The number of carboxylic acid groups (broad SMARTS) is 1. The van der Waals surface area contributed by atoms with Gasteiger partial charge < -0.3 is 37.6 Å². The first kappa shape index (κ1) is 30.8. The molecule has 0 aliphatic heterocycles. The molecule has 7 unspecified atom stereocenters. The van der Waals surface area contributed by atoms with Gasteiger partial charge in [-0.15, -0.1) is 0 Å². The number of hydrogen-bond acceptors (Lipinski definition) is 7. The maximum Gasteiger partial charge on any atom is 0.326 e. The van der Waals surface area contributed by atoms with Crippen molar-refractivity contribution in [1.29, 1.82) is 0 Å². The number of carbonyl (C=O) groups excluding carboxylic acids is 3. The Morgan fingerprint density at radius 2 is 1.36 bits per heavy atom. The average molecular weight is 474 g/mol. The molecule has 0 spiro atoms. The van der Waals surface area contributed by atoms with Crippen LogP contribution in [0.4, 0.5) is 0 Å². The van der Waals surface area contributed by atoms with Crippen LogP contribution in [0.1, 0.15) is 66.7 Å². The quantitative estimate of drug-likeness (QED) is 0.145. The number of nitrogens with two attached hydrogens (primary N) is 2. The predicted octanol–water partition coefficient (Wildman–Crippen LogP) is -0.545. The van der Waals surface area contributed by atoms with E-state index in [9.17, 15) is 29.4 Å². The number of unbranched alkanes of at least 4 members (excludes halogenated alkanes) is 1. The molecule has 0 aromatic carbocycles. The maximum absolute atomic E-state index is 13.0. The SMILES string of the molecule is CCC(C)C(N)C(=O)NC(CCCCN)C(=O)NC(C(=O)NC(C(=O)O)C(C)CC)C(C)O. The van der Waals surface area contributed by atoms with Gasteiger partial charge >= 0.3 is 5.97 Å². The minimum Gasteiger partial charge on any atom is -0.480 e. The van der Waals surface area contributed by atoms with Crippen molar-refractivity contribution in [3.63, 3.8) is 0 Å². The number of carbonyl (C=O) groups is 4. The zero-order chi connectivity index (χ0) is 25.7. The zero-order valence-electron chi connectivity index (χ0n) is 20.5. The van der Waals surface area contributed by atoms with Crippen LogP contribution in [0.3, 0.4) is 0 Å². The molecule has 0 fully saturated rings. The van der Waals surface area contributed by atoms with Crippen LogP contribution in [0.25, 0.3) is 0 Å². The molecule has 192 valence electrons. The number of carboxylic acids is 1. The Morgan fingerprint density at radius 3 is 1.82 bits per heavy atom. The summed E-state index contributed by atoms with van der Waals surface area (Å²) in [7, 11) is 0. The molecule has 0 aliphatic rings. The Balaban J connectivity index is 5.50. The Hall–Kier alpha value is -2.24. The number of aliphatic hydroxyl groups excluding tert-OH is 1. The summed E-state index contributed by atoms with van der Waals surface area (Å²) in [6.07, 6.45) is 1.34. The van der Waals surface area contributed by atoms with Crippen LogP contribution < -0.4 is 27.4 Å². The average Bonchev–Trinajstić information content (AvgIpc) is 2.77. The standard InChI is InChI=1S/C22H43N5O6/c1-6-12(3)16(24)20(30)25-15(10-8-9-11-23)19(29)27-18(14(5)28)21(31)26-17(22(32)33)13(4)7-2/h12-18,28H,6-11,23-24H2,1-5H3,(H,25,30)(H,26,31)(H,27,29)(H,32,33). The highest BCUT2D eigenvalue weighted by atomic mass is 16.4. The number of aliphatic carboxylic acids is 1. The van der Waals surface area contributed by atoms with Gasteiger partial charge in [0.25, 0.3) is 0 Å². The summed E-state index contributed by atoms with van der Waals surface area (Å²) in [6.45, 7) is 8.93. The van der Waals surface area contributed by atoms with Gasteiger partial charge in [0, 0.05) is 0 Å². The first-order valence-corrected chi connectivity index (χ1v) is 11.7. The Kier molecular flexibility index (Phi) is 14.5. The molecule has 0 aromatic rings. The van der Waals surface area contributed by atoms with Crippen LogP contribution in [0.2, 0.25) is 0 Å². The van der Waals surface area contributed by atoms with Gasteiger partial charge in [-0.25, -0.2) is 4.79 Å². The van der Waals surface area contributed by atoms with E-state index in [-0.39, 0.29) is 18.3 Å². The van der Waals surface area contributed by atoms with E-state index in [1.807, 2.05) is 13.8 Å². The summed E-state index contributed by atoms with van der Waals surface area (Å²) < 4.78 is 0. The fraction of sp³-hybridized carbons (Fsp3) is 0.818. The molecule has 11 heteroatoms. The Morgan fingerprint density at radius 1 is 0.818 bits per heavy atom. The molecule has 0 bridgehead atoms. The summed E-state index contributed by atoms with van der Waals surface area (Å²) in [4.78, 5) is 49.8. The Labute approximate surface area is 196 Å². The third-order valence-corrected chi connectivity index (χ3v) is 5.98. The van der Waals surface area contributed by atoms with E-state index >= 15 is 0 Å². The molecule has 0 aromatic heterocycles. The molecule has 11 nitrogen and oxygen atoms in total. The number of amides is 3. The van der Waals surface area contributed by atoms with Gasteiger partial charge in [0.1, 0.15) is 18.1 Å². The van der Waals surface area contributed by atoms with Crippen molar-refractivity contribution in [1.82, 2.24) is 16.0 Å². The second-order valence-electron chi connectivity index (χ2n) is 8.69. The minimum atomic E-state index is -1.40. The van der Waals surface area contributed by atoms with Gasteiger partial charge in [-0.3, -0.25) is 14.4 Å². The van der Waals surface area contributed by atoms with Crippen molar-refractivity contribution in [3.8, 4) is 0 Å². The van der Waals surface area contributed by atoms with Gasteiger partial charge in [0.15, 0.2) is 0 Å². The fourth-order valence-electron chi connectivity index (χ4n) is 3.13. The van der Waals surface area contributed by atoms with Gasteiger partial charge in [-0.1, -0.05) is 40.5 Å². The molecule has 0 saturated heterocycles. The van der Waals surface area contributed by atoms with Gasteiger partial charge in [-0.2, -0.15) is 0 Å². The monoisotopic (exact) mass is 473 g/mol. The van der Waals surface area contributed by atoms with Crippen molar-refractivity contribution in [3.05, 3.63) is 0 Å². The lowest BCUT2D eigenvalue weighted by molar-refractivity contribution is -0.144. The molecule has 33 heavy (non-hydrogen) atoms. The minimum absolute atomic E-state index is 0.0951. The smallest absolute Gasteiger partial charge is 0.326 e. The number of nitrogens with one attached hydrogen (secondary N) is 3.